The van der Waals surface area contributed by atoms with Gasteiger partial charge < -0.3 is 15.2 Å². The van der Waals surface area contributed by atoms with Gasteiger partial charge >= 0.3 is 5.97 Å². The second kappa shape index (κ2) is 6.85. The first-order chi connectivity index (χ1) is 8.17. The van der Waals surface area contributed by atoms with Crippen molar-refractivity contribution in [3.8, 4) is 5.75 Å². The standard InChI is InChI=1S/C12H18N2O3/c1-3-11(12(15)16)17-10-6-5-9(14-8-10)7-13-4-2/h5-6,8,11,13H,3-4,7H2,1-2H3,(H,15,16). The summed E-state index contributed by atoms with van der Waals surface area (Å²) in [7, 11) is 0. The molecule has 0 aliphatic carbocycles. The van der Waals surface area contributed by atoms with Crippen LogP contribution in [0.25, 0.3) is 0 Å². The Kier molecular flexibility index (Phi) is 5.42. The van der Waals surface area contributed by atoms with Gasteiger partial charge in [0, 0.05) is 6.54 Å². The molecule has 94 valence electrons. The fourth-order valence-corrected chi connectivity index (χ4v) is 1.31. The molecule has 0 fully saturated rings. The molecule has 0 bridgehead atoms. The topological polar surface area (TPSA) is 71.5 Å². The van der Waals surface area contributed by atoms with E-state index in [1.54, 1.807) is 19.2 Å². The van der Waals surface area contributed by atoms with Crippen LogP contribution >= 0.6 is 0 Å². The summed E-state index contributed by atoms with van der Waals surface area (Å²) in [6.07, 6.45) is 1.17. The maximum Gasteiger partial charge on any atom is 0.344 e. The average Bonchev–Trinajstić information content (AvgIpc) is 2.34. The van der Waals surface area contributed by atoms with E-state index in [0.717, 1.165) is 12.2 Å². The highest BCUT2D eigenvalue weighted by Gasteiger charge is 2.16. The van der Waals surface area contributed by atoms with Gasteiger partial charge in [0.2, 0.25) is 0 Å². The number of carboxylic acid groups (broad SMARTS) is 1. The van der Waals surface area contributed by atoms with E-state index >= 15 is 0 Å². The first kappa shape index (κ1) is 13.4. The average molecular weight is 238 g/mol. The number of rotatable bonds is 7. The van der Waals surface area contributed by atoms with Crippen molar-refractivity contribution < 1.29 is 14.6 Å². The van der Waals surface area contributed by atoms with Gasteiger partial charge in [0.1, 0.15) is 5.75 Å². The monoisotopic (exact) mass is 238 g/mol. The van der Waals surface area contributed by atoms with Crippen LogP contribution in [0.2, 0.25) is 0 Å². The molecule has 0 radical (unpaired) electrons. The summed E-state index contributed by atoms with van der Waals surface area (Å²) in [6.45, 7) is 5.38. The largest absolute Gasteiger partial charge is 0.479 e. The normalized spacial score (nSPS) is 12.1. The number of hydrogen-bond donors (Lipinski definition) is 2. The van der Waals surface area contributed by atoms with Gasteiger partial charge in [-0.05, 0) is 25.1 Å². The Balaban J connectivity index is 2.58. The number of aliphatic carboxylic acids is 1. The molecule has 0 aliphatic rings. The molecule has 0 saturated heterocycles. The third-order valence-corrected chi connectivity index (χ3v) is 2.28. The number of hydrogen-bond acceptors (Lipinski definition) is 4. The predicted octanol–water partition coefficient (Wildman–Crippen LogP) is 1.43. The Morgan fingerprint density at radius 3 is 2.76 bits per heavy atom. The summed E-state index contributed by atoms with van der Waals surface area (Å²) in [4.78, 5) is 15.0. The van der Waals surface area contributed by atoms with Crippen LogP contribution in [0.15, 0.2) is 18.3 Å². The molecule has 1 heterocycles. The lowest BCUT2D eigenvalue weighted by Crippen LogP contribution is -2.26. The molecule has 1 aromatic heterocycles. The molecule has 0 spiro atoms. The Labute approximate surface area is 101 Å². The van der Waals surface area contributed by atoms with Crippen molar-refractivity contribution >= 4 is 5.97 Å². The third-order valence-electron chi connectivity index (χ3n) is 2.28. The molecule has 0 amide bonds. The van der Waals surface area contributed by atoms with Gasteiger partial charge in [-0.2, -0.15) is 0 Å². The van der Waals surface area contributed by atoms with Crippen LogP contribution in [0.1, 0.15) is 26.0 Å². The summed E-state index contributed by atoms with van der Waals surface area (Å²) in [5.74, 6) is -0.469. The lowest BCUT2D eigenvalue weighted by atomic mass is 10.3. The fourth-order valence-electron chi connectivity index (χ4n) is 1.31. The van der Waals surface area contributed by atoms with Gasteiger partial charge in [-0.1, -0.05) is 13.8 Å². The minimum Gasteiger partial charge on any atom is -0.479 e. The maximum atomic E-state index is 10.8. The Hall–Kier alpha value is -1.62. The fraction of sp³-hybridized carbons (Fsp3) is 0.500. The molecule has 2 N–H and O–H groups in total. The molecule has 1 atom stereocenters. The Morgan fingerprint density at radius 1 is 1.53 bits per heavy atom. The number of carboxylic acids is 1. The van der Waals surface area contributed by atoms with Crippen molar-refractivity contribution in [3.05, 3.63) is 24.0 Å². The molecular weight excluding hydrogens is 220 g/mol. The van der Waals surface area contributed by atoms with Crippen molar-refractivity contribution in [3.63, 3.8) is 0 Å². The van der Waals surface area contributed by atoms with Gasteiger partial charge in [0.05, 0.1) is 11.9 Å². The highest BCUT2D eigenvalue weighted by atomic mass is 16.5. The SMILES string of the molecule is CCNCc1ccc(OC(CC)C(=O)O)cn1. The van der Waals surface area contributed by atoms with E-state index in [2.05, 4.69) is 10.3 Å². The quantitative estimate of drug-likeness (QED) is 0.752. The molecule has 1 rings (SSSR count). The summed E-state index contributed by atoms with van der Waals surface area (Å²) in [5.41, 5.74) is 0.905. The minimum atomic E-state index is -0.954. The smallest absolute Gasteiger partial charge is 0.344 e. The van der Waals surface area contributed by atoms with Crippen LogP contribution in [-0.4, -0.2) is 28.7 Å². The van der Waals surface area contributed by atoms with Gasteiger partial charge in [0.15, 0.2) is 6.10 Å². The van der Waals surface area contributed by atoms with Crippen molar-refractivity contribution in [1.82, 2.24) is 10.3 Å². The Bertz CT molecular complexity index is 351. The first-order valence-electron chi connectivity index (χ1n) is 5.72. The maximum absolute atomic E-state index is 10.8. The van der Waals surface area contributed by atoms with Gasteiger partial charge in [-0.25, -0.2) is 4.79 Å². The molecule has 1 unspecified atom stereocenters. The second-order valence-corrected chi connectivity index (χ2v) is 3.62. The van der Waals surface area contributed by atoms with E-state index in [9.17, 15) is 4.79 Å². The molecular formula is C12H18N2O3. The molecule has 0 aliphatic heterocycles. The number of nitrogens with zero attached hydrogens (tertiary/aromatic N) is 1. The highest BCUT2D eigenvalue weighted by molar-refractivity contribution is 5.72. The molecule has 17 heavy (non-hydrogen) atoms. The van der Waals surface area contributed by atoms with E-state index in [-0.39, 0.29) is 0 Å². The zero-order chi connectivity index (χ0) is 12.7. The van der Waals surface area contributed by atoms with Crippen molar-refractivity contribution in [2.24, 2.45) is 0 Å². The molecule has 1 aromatic rings. The first-order valence-corrected chi connectivity index (χ1v) is 5.72. The molecule has 5 nitrogen and oxygen atoms in total. The van der Waals surface area contributed by atoms with Crippen molar-refractivity contribution in [2.75, 3.05) is 6.54 Å². The summed E-state index contributed by atoms with van der Waals surface area (Å²) >= 11 is 0. The summed E-state index contributed by atoms with van der Waals surface area (Å²) < 4.78 is 5.30. The van der Waals surface area contributed by atoms with Crippen molar-refractivity contribution in [2.45, 2.75) is 32.9 Å². The van der Waals surface area contributed by atoms with Gasteiger partial charge in [-0.15, -0.1) is 0 Å². The van der Waals surface area contributed by atoms with E-state index in [0.29, 0.717) is 18.7 Å². The summed E-state index contributed by atoms with van der Waals surface area (Å²) in [5, 5.41) is 12.0. The van der Waals surface area contributed by atoms with Crippen LogP contribution in [0.3, 0.4) is 0 Å². The highest BCUT2D eigenvalue weighted by Crippen LogP contribution is 2.12. The van der Waals surface area contributed by atoms with E-state index in [4.69, 9.17) is 9.84 Å². The van der Waals surface area contributed by atoms with E-state index in [1.165, 1.54) is 0 Å². The number of carbonyl (C=O) groups is 1. The van der Waals surface area contributed by atoms with Crippen LogP contribution in [0.5, 0.6) is 5.75 Å². The third kappa shape index (κ3) is 4.40. The Morgan fingerprint density at radius 2 is 2.29 bits per heavy atom. The second-order valence-electron chi connectivity index (χ2n) is 3.62. The zero-order valence-electron chi connectivity index (χ0n) is 10.1. The van der Waals surface area contributed by atoms with Gasteiger partial charge in [0.25, 0.3) is 0 Å². The number of nitrogens with one attached hydrogen (secondary N) is 1. The zero-order valence-corrected chi connectivity index (χ0v) is 10.1. The summed E-state index contributed by atoms with van der Waals surface area (Å²) in [6, 6.07) is 3.57. The van der Waals surface area contributed by atoms with Gasteiger partial charge in [-0.3, -0.25) is 4.98 Å². The lowest BCUT2D eigenvalue weighted by molar-refractivity contribution is -0.145. The van der Waals surface area contributed by atoms with E-state index < -0.39 is 12.1 Å². The molecule has 5 heteroatoms. The number of pyridine rings is 1. The van der Waals surface area contributed by atoms with E-state index in [1.807, 2.05) is 13.0 Å². The minimum absolute atomic E-state index is 0.425. The van der Waals surface area contributed by atoms with Crippen LogP contribution < -0.4 is 10.1 Å². The predicted molar refractivity (Wildman–Crippen MR) is 64.0 cm³/mol. The number of ether oxygens (including phenoxy) is 1. The van der Waals surface area contributed by atoms with Crippen LogP contribution in [0.4, 0.5) is 0 Å². The lowest BCUT2D eigenvalue weighted by Gasteiger charge is -2.12. The number of aromatic nitrogens is 1. The van der Waals surface area contributed by atoms with Crippen LogP contribution in [-0.2, 0) is 11.3 Å². The van der Waals surface area contributed by atoms with Crippen LogP contribution in [0, 0.1) is 0 Å². The molecule has 0 aromatic carbocycles. The van der Waals surface area contributed by atoms with Crippen molar-refractivity contribution in [1.29, 1.82) is 0 Å². The molecule has 0 saturated carbocycles.